The summed E-state index contributed by atoms with van der Waals surface area (Å²) in [6.07, 6.45) is 1.57. The normalized spacial score (nSPS) is 15.1. The first kappa shape index (κ1) is 17.2. The van der Waals surface area contributed by atoms with Crippen molar-refractivity contribution in [3.8, 4) is 5.75 Å². The van der Waals surface area contributed by atoms with Gasteiger partial charge in [0.25, 0.3) is 5.91 Å². The summed E-state index contributed by atoms with van der Waals surface area (Å²) in [6.45, 7) is -0.372. The highest BCUT2D eigenvalue weighted by atomic mass is 16.5. The molecular weight excluding hydrogens is 334 g/mol. The van der Waals surface area contributed by atoms with Crippen molar-refractivity contribution < 1.29 is 19.1 Å². The highest BCUT2D eigenvalue weighted by Gasteiger charge is 2.34. The molecule has 132 valence electrons. The van der Waals surface area contributed by atoms with Gasteiger partial charge in [0.1, 0.15) is 18.0 Å². The van der Waals surface area contributed by atoms with Gasteiger partial charge < -0.3 is 15.4 Å². The number of carbonyl (C=O) groups is 3. The van der Waals surface area contributed by atoms with Gasteiger partial charge in [-0.3, -0.25) is 9.59 Å². The van der Waals surface area contributed by atoms with E-state index in [4.69, 9.17) is 4.74 Å². The van der Waals surface area contributed by atoms with E-state index in [0.717, 1.165) is 10.5 Å². The second-order valence-corrected chi connectivity index (χ2v) is 5.57. The van der Waals surface area contributed by atoms with Crippen LogP contribution in [0.3, 0.4) is 0 Å². The van der Waals surface area contributed by atoms with Gasteiger partial charge >= 0.3 is 6.03 Å². The second kappa shape index (κ2) is 7.52. The fourth-order valence-electron chi connectivity index (χ4n) is 2.45. The molecule has 0 saturated carbocycles. The van der Waals surface area contributed by atoms with Crippen LogP contribution in [-0.2, 0) is 9.59 Å². The van der Waals surface area contributed by atoms with Crippen LogP contribution in [0.15, 0.2) is 60.3 Å². The number of anilines is 1. The number of nitrogens with one attached hydrogen (secondary N) is 2. The molecule has 4 amide bonds. The smallest absolute Gasteiger partial charge is 0.329 e. The maximum absolute atomic E-state index is 12.4. The second-order valence-electron chi connectivity index (χ2n) is 5.57. The Labute approximate surface area is 150 Å². The van der Waals surface area contributed by atoms with E-state index < -0.39 is 17.8 Å². The molecule has 1 saturated heterocycles. The van der Waals surface area contributed by atoms with E-state index in [2.05, 4.69) is 10.6 Å². The lowest BCUT2D eigenvalue weighted by molar-refractivity contribution is -0.127. The van der Waals surface area contributed by atoms with Crippen molar-refractivity contribution in [1.29, 1.82) is 0 Å². The Bertz CT molecular complexity index is 860. The molecule has 1 fully saturated rings. The summed E-state index contributed by atoms with van der Waals surface area (Å²) in [4.78, 5) is 37.4. The average Bonchev–Trinajstić information content (AvgIpc) is 2.90. The third-order valence-electron chi connectivity index (χ3n) is 3.75. The standard InChI is InChI=1S/C19H17N3O4/c1-26-15-9-7-14(8-10-15)20-17(23)12-22-18(24)16(21-19(22)25)11-13-5-3-2-4-6-13/h2-11H,12H2,1H3,(H,20,23)(H,21,25)/b16-11-. The minimum atomic E-state index is -0.623. The third-order valence-corrected chi connectivity index (χ3v) is 3.75. The Morgan fingerprint density at radius 3 is 2.46 bits per heavy atom. The van der Waals surface area contributed by atoms with Gasteiger partial charge in [-0.25, -0.2) is 9.69 Å². The first-order chi connectivity index (χ1) is 12.6. The minimum Gasteiger partial charge on any atom is -0.497 e. The van der Waals surface area contributed by atoms with Gasteiger partial charge in [0.15, 0.2) is 0 Å². The van der Waals surface area contributed by atoms with Crippen LogP contribution in [-0.4, -0.2) is 36.4 Å². The van der Waals surface area contributed by atoms with Gasteiger partial charge in [0, 0.05) is 5.69 Å². The van der Waals surface area contributed by atoms with Crippen molar-refractivity contribution >= 4 is 29.6 Å². The molecule has 26 heavy (non-hydrogen) atoms. The molecule has 7 nitrogen and oxygen atoms in total. The van der Waals surface area contributed by atoms with Crippen LogP contribution in [0, 0.1) is 0 Å². The first-order valence-corrected chi connectivity index (χ1v) is 7.90. The molecule has 2 aromatic rings. The van der Waals surface area contributed by atoms with Crippen molar-refractivity contribution in [3.05, 3.63) is 65.9 Å². The van der Waals surface area contributed by atoms with Crippen LogP contribution in [0.5, 0.6) is 5.75 Å². The number of hydrogen-bond acceptors (Lipinski definition) is 4. The Hall–Kier alpha value is -3.61. The summed E-state index contributed by atoms with van der Waals surface area (Å²) in [7, 11) is 1.55. The third kappa shape index (κ3) is 3.89. The number of methoxy groups -OCH3 is 1. The first-order valence-electron chi connectivity index (χ1n) is 7.90. The number of nitrogens with zero attached hydrogens (tertiary/aromatic N) is 1. The van der Waals surface area contributed by atoms with Crippen molar-refractivity contribution in [1.82, 2.24) is 10.2 Å². The number of ether oxygens (including phenoxy) is 1. The van der Waals surface area contributed by atoms with Crippen molar-refractivity contribution in [2.45, 2.75) is 0 Å². The van der Waals surface area contributed by atoms with Crippen LogP contribution in [0.1, 0.15) is 5.56 Å². The lowest BCUT2D eigenvalue weighted by Crippen LogP contribution is -2.38. The van der Waals surface area contributed by atoms with Crippen molar-refractivity contribution in [2.75, 3.05) is 19.0 Å². The van der Waals surface area contributed by atoms with Crippen LogP contribution in [0.4, 0.5) is 10.5 Å². The molecule has 1 aliphatic heterocycles. The van der Waals surface area contributed by atoms with E-state index in [9.17, 15) is 14.4 Å². The van der Waals surface area contributed by atoms with Crippen LogP contribution >= 0.6 is 0 Å². The van der Waals surface area contributed by atoms with E-state index >= 15 is 0 Å². The van der Waals surface area contributed by atoms with Crippen LogP contribution in [0.2, 0.25) is 0 Å². The quantitative estimate of drug-likeness (QED) is 0.639. The number of rotatable bonds is 5. The number of imide groups is 1. The van der Waals surface area contributed by atoms with Crippen LogP contribution < -0.4 is 15.4 Å². The molecule has 0 radical (unpaired) electrons. The summed E-state index contributed by atoms with van der Waals surface area (Å²) in [5, 5.41) is 5.13. The van der Waals surface area contributed by atoms with Gasteiger partial charge in [-0.15, -0.1) is 0 Å². The molecule has 0 atom stereocenters. The Kier molecular flexibility index (Phi) is 4.98. The van der Waals surface area contributed by atoms with Gasteiger partial charge in [-0.2, -0.15) is 0 Å². The van der Waals surface area contributed by atoms with E-state index in [1.165, 1.54) is 0 Å². The maximum atomic E-state index is 12.4. The molecule has 0 aromatic heterocycles. The largest absolute Gasteiger partial charge is 0.497 e. The fourth-order valence-corrected chi connectivity index (χ4v) is 2.45. The summed E-state index contributed by atoms with van der Waals surface area (Å²) in [5.74, 6) is -0.351. The number of carbonyl (C=O) groups excluding carboxylic acids is 3. The number of urea groups is 1. The molecule has 1 aliphatic rings. The van der Waals surface area contributed by atoms with Crippen molar-refractivity contribution in [2.24, 2.45) is 0 Å². The highest BCUT2D eigenvalue weighted by Crippen LogP contribution is 2.16. The fraction of sp³-hybridized carbons (Fsp3) is 0.105. The number of hydrogen-bond donors (Lipinski definition) is 2. The molecule has 0 unspecified atom stereocenters. The van der Waals surface area contributed by atoms with Gasteiger partial charge in [-0.05, 0) is 35.9 Å². The summed E-state index contributed by atoms with van der Waals surface area (Å²) >= 11 is 0. The predicted octanol–water partition coefficient (Wildman–Crippen LogP) is 2.23. The molecule has 0 aliphatic carbocycles. The molecule has 1 heterocycles. The minimum absolute atomic E-state index is 0.137. The zero-order valence-electron chi connectivity index (χ0n) is 14.1. The number of amides is 4. The summed E-state index contributed by atoms with van der Waals surface area (Å²) in [6, 6.07) is 15.2. The lowest BCUT2D eigenvalue weighted by atomic mass is 10.2. The summed E-state index contributed by atoms with van der Waals surface area (Å²) in [5.41, 5.74) is 1.46. The average molecular weight is 351 g/mol. The van der Waals surface area contributed by atoms with Crippen molar-refractivity contribution in [3.63, 3.8) is 0 Å². The molecule has 2 aromatic carbocycles. The number of benzene rings is 2. The molecule has 0 spiro atoms. The maximum Gasteiger partial charge on any atom is 0.329 e. The topological polar surface area (TPSA) is 87.7 Å². The van der Waals surface area contributed by atoms with Crippen LogP contribution in [0.25, 0.3) is 6.08 Å². The molecular formula is C19H17N3O4. The Balaban J connectivity index is 1.65. The monoisotopic (exact) mass is 351 g/mol. The Morgan fingerprint density at radius 1 is 1.12 bits per heavy atom. The van der Waals surface area contributed by atoms with E-state index in [0.29, 0.717) is 11.4 Å². The highest BCUT2D eigenvalue weighted by molar-refractivity contribution is 6.15. The zero-order valence-corrected chi connectivity index (χ0v) is 14.1. The molecule has 0 bridgehead atoms. The van der Waals surface area contributed by atoms with E-state index in [1.807, 2.05) is 30.3 Å². The van der Waals surface area contributed by atoms with Gasteiger partial charge in [-0.1, -0.05) is 30.3 Å². The molecule has 3 rings (SSSR count). The lowest BCUT2D eigenvalue weighted by Gasteiger charge is -2.12. The summed E-state index contributed by atoms with van der Waals surface area (Å²) < 4.78 is 5.05. The predicted molar refractivity (Wildman–Crippen MR) is 96.3 cm³/mol. The Morgan fingerprint density at radius 2 is 1.81 bits per heavy atom. The van der Waals surface area contributed by atoms with E-state index in [1.54, 1.807) is 37.5 Å². The SMILES string of the molecule is COc1ccc(NC(=O)CN2C(=O)N/C(=C\c3ccccc3)C2=O)cc1. The molecule has 7 heteroatoms. The van der Waals surface area contributed by atoms with Gasteiger partial charge in [0.2, 0.25) is 5.91 Å². The zero-order chi connectivity index (χ0) is 18.5. The molecule has 2 N–H and O–H groups in total. The van der Waals surface area contributed by atoms with Gasteiger partial charge in [0.05, 0.1) is 7.11 Å². The van der Waals surface area contributed by atoms with E-state index in [-0.39, 0.29) is 12.2 Å².